The Morgan fingerprint density at radius 1 is 1.18 bits per heavy atom. The maximum Gasteiger partial charge on any atom is 0.114 e. The van der Waals surface area contributed by atoms with Gasteiger partial charge in [-0.2, -0.15) is 0 Å². The molecular formula is C12H9BrCl2OS. The zero-order valence-corrected chi connectivity index (χ0v) is 12.8. The van der Waals surface area contributed by atoms with E-state index in [1.807, 2.05) is 13.0 Å². The smallest absolute Gasteiger partial charge is 0.114 e. The molecule has 1 unspecified atom stereocenters. The number of aliphatic hydroxyl groups is 1. The van der Waals surface area contributed by atoms with Crippen molar-refractivity contribution in [2.75, 3.05) is 0 Å². The van der Waals surface area contributed by atoms with Crippen LogP contribution in [0, 0.1) is 6.92 Å². The van der Waals surface area contributed by atoms with Gasteiger partial charge in [0.15, 0.2) is 0 Å². The average Bonchev–Trinajstić information content (AvgIpc) is 2.55. The summed E-state index contributed by atoms with van der Waals surface area (Å²) in [6.07, 6.45) is -0.709. The highest BCUT2D eigenvalue weighted by Crippen LogP contribution is 2.36. The van der Waals surface area contributed by atoms with Crippen molar-refractivity contribution in [3.63, 3.8) is 0 Å². The van der Waals surface area contributed by atoms with Crippen LogP contribution in [0.3, 0.4) is 0 Å². The predicted molar refractivity (Wildman–Crippen MR) is 77.3 cm³/mol. The van der Waals surface area contributed by atoms with Crippen molar-refractivity contribution >= 4 is 50.5 Å². The fourth-order valence-corrected chi connectivity index (χ4v) is 4.00. The van der Waals surface area contributed by atoms with E-state index in [0.717, 1.165) is 14.2 Å². The van der Waals surface area contributed by atoms with Crippen molar-refractivity contribution in [2.45, 2.75) is 13.0 Å². The van der Waals surface area contributed by atoms with E-state index in [0.29, 0.717) is 15.6 Å². The van der Waals surface area contributed by atoms with E-state index in [1.165, 1.54) is 0 Å². The van der Waals surface area contributed by atoms with Crippen LogP contribution in [-0.4, -0.2) is 5.11 Å². The molecule has 90 valence electrons. The Kier molecular flexibility index (Phi) is 4.16. The Hall–Kier alpha value is -0.0600. The molecule has 0 aliphatic rings. The lowest BCUT2D eigenvalue weighted by molar-refractivity contribution is 0.223. The summed E-state index contributed by atoms with van der Waals surface area (Å²) in [5.74, 6) is 0. The van der Waals surface area contributed by atoms with Gasteiger partial charge in [-0.15, -0.1) is 11.3 Å². The van der Waals surface area contributed by atoms with Gasteiger partial charge in [0.2, 0.25) is 0 Å². The lowest BCUT2D eigenvalue weighted by atomic mass is 10.1. The van der Waals surface area contributed by atoms with E-state index >= 15 is 0 Å². The number of aryl methyl sites for hydroxylation is 1. The molecule has 2 rings (SSSR count). The van der Waals surface area contributed by atoms with E-state index in [2.05, 4.69) is 15.9 Å². The van der Waals surface area contributed by atoms with E-state index in [4.69, 9.17) is 23.2 Å². The summed E-state index contributed by atoms with van der Waals surface area (Å²) in [6, 6.07) is 7.07. The van der Waals surface area contributed by atoms with Gasteiger partial charge in [0.05, 0.1) is 4.88 Å². The Balaban J connectivity index is 2.43. The van der Waals surface area contributed by atoms with Crippen LogP contribution < -0.4 is 0 Å². The van der Waals surface area contributed by atoms with Gasteiger partial charge in [-0.3, -0.25) is 0 Å². The summed E-state index contributed by atoms with van der Waals surface area (Å²) >= 11 is 16.8. The largest absolute Gasteiger partial charge is 0.383 e. The summed E-state index contributed by atoms with van der Waals surface area (Å²) < 4.78 is 0.906. The molecule has 0 saturated heterocycles. The topological polar surface area (TPSA) is 20.2 Å². The van der Waals surface area contributed by atoms with Gasteiger partial charge in [-0.05, 0) is 52.7 Å². The zero-order chi connectivity index (χ0) is 12.6. The molecule has 17 heavy (non-hydrogen) atoms. The van der Waals surface area contributed by atoms with Crippen molar-refractivity contribution in [3.05, 3.63) is 54.1 Å². The molecule has 0 radical (unpaired) electrons. The minimum atomic E-state index is -0.709. The van der Waals surface area contributed by atoms with Crippen molar-refractivity contribution in [3.8, 4) is 0 Å². The van der Waals surface area contributed by atoms with Gasteiger partial charge in [-0.25, -0.2) is 0 Å². The van der Waals surface area contributed by atoms with Crippen LogP contribution in [0.2, 0.25) is 10.0 Å². The number of rotatable bonds is 2. The standard InChI is InChI=1S/C12H9BrCl2OS/c1-6-2-10(13)12(17-6)11(16)7-3-8(14)5-9(15)4-7/h2-5,11,16H,1H3. The lowest BCUT2D eigenvalue weighted by Gasteiger charge is -2.11. The van der Waals surface area contributed by atoms with Gasteiger partial charge in [0.1, 0.15) is 6.10 Å². The normalized spacial score (nSPS) is 12.8. The van der Waals surface area contributed by atoms with E-state index in [-0.39, 0.29) is 0 Å². The summed E-state index contributed by atoms with van der Waals surface area (Å²) in [6.45, 7) is 2.00. The first-order chi connectivity index (χ1) is 7.97. The number of halogens is 3. The number of hydrogen-bond acceptors (Lipinski definition) is 2. The summed E-state index contributed by atoms with van der Waals surface area (Å²) in [7, 11) is 0. The summed E-state index contributed by atoms with van der Waals surface area (Å²) in [4.78, 5) is 2.00. The molecule has 1 heterocycles. The van der Waals surface area contributed by atoms with Crippen LogP contribution in [0.25, 0.3) is 0 Å². The van der Waals surface area contributed by atoms with Crippen LogP contribution in [0.1, 0.15) is 21.4 Å². The lowest BCUT2D eigenvalue weighted by Crippen LogP contribution is -1.97. The molecular weight excluding hydrogens is 343 g/mol. The van der Waals surface area contributed by atoms with Crippen LogP contribution >= 0.6 is 50.5 Å². The first kappa shape index (κ1) is 13.4. The highest BCUT2D eigenvalue weighted by molar-refractivity contribution is 9.10. The Labute approximate surface area is 122 Å². The third kappa shape index (κ3) is 3.04. The summed E-state index contributed by atoms with van der Waals surface area (Å²) in [5, 5.41) is 11.3. The predicted octanol–water partition coefficient (Wildman–Crippen LogP) is 5.21. The van der Waals surface area contributed by atoms with Gasteiger partial charge in [-0.1, -0.05) is 23.2 Å². The first-order valence-electron chi connectivity index (χ1n) is 4.87. The van der Waals surface area contributed by atoms with Crippen molar-refractivity contribution in [1.29, 1.82) is 0 Å². The maximum atomic E-state index is 10.3. The van der Waals surface area contributed by atoms with Crippen molar-refractivity contribution in [2.24, 2.45) is 0 Å². The highest BCUT2D eigenvalue weighted by atomic mass is 79.9. The Morgan fingerprint density at radius 2 is 1.76 bits per heavy atom. The van der Waals surface area contributed by atoms with Gasteiger partial charge in [0, 0.05) is 19.4 Å². The van der Waals surface area contributed by atoms with E-state index < -0.39 is 6.10 Å². The second-order valence-corrected chi connectivity index (χ2v) is 6.69. The molecule has 1 N–H and O–H groups in total. The monoisotopic (exact) mass is 350 g/mol. The van der Waals surface area contributed by atoms with Gasteiger partial charge < -0.3 is 5.11 Å². The quantitative estimate of drug-likeness (QED) is 0.787. The van der Waals surface area contributed by atoms with Crippen molar-refractivity contribution < 1.29 is 5.11 Å². The Morgan fingerprint density at radius 3 is 2.24 bits per heavy atom. The fourth-order valence-electron chi connectivity index (χ4n) is 1.57. The number of benzene rings is 1. The molecule has 2 aromatic rings. The molecule has 1 atom stereocenters. The molecule has 0 saturated carbocycles. The average molecular weight is 352 g/mol. The summed E-state index contributed by atoms with van der Waals surface area (Å²) in [5.41, 5.74) is 0.699. The van der Waals surface area contributed by atoms with Crippen molar-refractivity contribution in [1.82, 2.24) is 0 Å². The first-order valence-corrected chi connectivity index (χ1v) is 7.24. The number of hydrogen-bond donors (Lipinski definition) is 1. The Bertz CT molecular complexity index is 533. The molecule has 0 fully saturated rings. The van der Waals surface area contributed by atoms with Crippen LogP contribution in [0.4, 0.5) is 0 Å². The van der Waals surface area contributed by atoms with E-state index in [9.17, 15) is 5.11 Å². The molecule has 0 amide bonds. The minimum absolute atomic E-state index is 0.524. The molecule has 1 aromatic heterocycles. The molecule has 0 aliphatic carbocycles. The molecule has 1 nitrogen and oxygen atoms in total. The number of aliphatic hydroxyl groups excluding tert-OH is 1. The third-order valence-electron chi connectivity index (χ3n) is 2.29. The maximum absolute atomic E-state index is 10.3. The zero-order valence-electron chi connectivity index (χ0n) is 8.88. The second-order valence-electron chi connectivity index (χ2n) is 3.67. The minimum Gasteiger partial charge on any atom is -0.383 e. The van der Waals surface area contributed by atoms with E-state index in [1.54, 1.807) is 29.5 Å². The second kappa shape index (κ2) is 5.29. The fraction of sp³-hybridized carbons (Fsp3) is 0.167. The molecule has 0 bridgehead atoms. The number of thiophene rings is 1. The molecule has 5 heteroatoms. The molecule has 0 spiro atoms. The van der Waals surface area contributed by atoms with Crippen LogP contribution in [0.5, 0.6) is 0 Å². The van der Waals surface area contributed by atoms with Crippen LogP contribution in [-0.2, 0) is 0 Å². The van der Waals surface area contributed by atoms with Gasteiger partial charge >= 0.3 is 0 Å². The molecule has 1 aromatic carbocycles. The SMILES string of the molecule is Cc1cc(Br)c(C(O)c2cc(Cl)cc(Cl)c2)s1. The third-order valence-corrected chi connectivity index (χ3v) is 4.74. The van der Waals surface area contributed by atoms with Gasteiger partial charge in [0.25, 0.3) is 0 Å². The highest BCUT2D eigenvalue weighted by Gasteiger charge is 2.17. The van der Waals surface area contributed by atoms with Crippen LogP contribution in [0.15, 0.2) is 28.7 Å². The molecule has 0 aliphatic heterocycles.